The van der Waals surface area contributed by atoms with Crippen molar-refractivity contribution >= 4 is 0 Å². The van der Waals surface area contributed by atoms with Crippen LogP contribution in [0.2, 0.25) is 0 Å². The molecule has 0 aliphatic heterocycles. The van der Waals surface area contributed by atoms with Crippen molar-refractivity contribution in [2.75, 3.05) is 26.7 Å². The topological polar surface area (TPSA) is 15.3 Å². The third kappa shape index (κ3) is 3.76. The van der Waals surface area contributed by atoms with Crippen molar-refractivity contribution in [2.45, 2.75) is 45.6 Å². The average molecular weight is 210 g/mol. The minimum Gasteiger partial charge on any atom is -0.319 e. The van der Waals surface area contributed by atoms with Gasteiger partial charge in [0.25, 0.3) is 0 Å². The molecule has 1 N–H and O–H groups in total. The first kappa shape index (κ1) is 11.4. The molecule has 0 aromatic rings. The highest BCUT2D eigenvalue weighted by molar-refractivity contribution is 4.91. The SMILES string of the molecule is CNCC(C)(C)CN(CC1CC1)C1CC1. The number of hydrogen-bond donors (Lipinski definition) is 1. The van der Waals surface area contributed by atoms with Crippen molar-refractivity contribution < 1.29 is 0 Å². The third-order valence-electron chi connectivity index (χ3n) is 3.54. The zero-order valence-corrected chi connectivity index (χ0v) is 10.6. The molecule has 2 nitrogen and oxygen atoms in total. The standard InChI is InChI=1S/C13H26N2/c1-13(2,9-14-3)10-15(12-6-7-12)8-11-4-5-11/h11-12,14H,4-10H2,1-3H3. The lowest BCUT2D eigenvalue weighted by atomic mass is 9.92. The highest BCUT2D eigenvalue weighted by atomic mass is 15.2. The summed E-state index contributed by atoms with van der Waals surface area (Å²) in [5.74, 6) is 1.04. The van der Waals surface area contributed by atoms with E-state index in [-0.39, 0.29) is 0 Å². The Kier molecular flexibility index (Phi) is 3.36. The van der Waals surface area contributed by atoms with Crippen LogP contribution in [0, 0.1) is 11.3 Å². The van der Waals surface area contributed by atoms with Gasteiger partial charge in [0.15, 0.2) is 0 Å². The van der Waals surface area contributed by atoms with E-state index in [4.69, 9.17) is 0 Å². The summed E-state index contributed by atoms with van der Waals surface area (Å²) in [5.41, 5.74) is 0.423. The van der Waals surface area contributed by atoms with E-state index >= 15 is 0 Å². The normalized spacial score (nSPS) is 22.4. The van der Waals surface area contributed by atoms with E-state index in [9.17, 15) is 0 Å². The molecule has 0 saturated heterocycles. The summed E-state index contributed by atoms with van der Waals surface area (Å²) in [7, 11) is 2.06. The highest BCUT2D eigenvalue weighted by Gasteiger charge is 2.36. The quantitative estimate of drug-likeness (QED) is 0.692. The first-order valence-corrected chi connectivity index (χ1v) is 6.49. The molecule has 2 aliphatic carbocycles. The molecule has 2 saturated carbocycles. The molecule has 88 valence electrons. The molecule has 0 atom stereocenters. The van der Waals surface area contributed by atoms with Gasteiger partial charge < -0.3 is 5.32 Å². The first-order valence-electron chi connectivity index (χ1n) is 6.49. The Morgan fingerprint density at radius 3 is 2.33 bits per heavy atom. The lowest BCUT2D eigenvalue weighted by Crippen LogP contribution is -2.41. The van der Waals surface area contributed by atoms with Gasteiger partial charge in [-0.1, -0.05) is 13.8 Å². The monoisotopic (exact) mass is 210 g/mol. The van der Waals surface area contributed by atoms with Crippen LogP contribution in [0.5, 0.6) is 0 Å². The number of hydrogen-bond acceptors (Lipinski definition) is 2. The largest absolute Gasteiger partial charge is 0.319 e. The molecule has 0 unspecified atom stereocenters. The van der Waals surface area contributed by atoms with Crippen molar-refractivity contribution in [3.05, 3.63) is 0 Å². The van der Waals surface area contributed by atoms with Crippen molar-refractivity contribution in [2.24, 2.45) is 11.3 Å². The summed E-state index contributed by atoms with van der Waals surface area (Å²) in [6.07, 6.45) is 5.86. The van der Waals surface area contributed by atoms with Gasteiger partial charge in [-0.15, -0.1) is 0 Å². The van der Waals surface area contributed by atoms with E-state index in [1.807, 2.05) is 0 Å². The summed E-state index contributed by atoms with van der Waals surface area (Å²) in [5, 5.41) is 3.31. The lowest BCUT2D eigenvalue weighted by molar-refractivity contribution is 0.163. The molecular formula is C13H26N2. The maximum Gasteiger partial charge on any atom is 0.00967 e. The Morgan fingerprint density at radius 1 is 1.20 bits per heavy atom. The second-order valence-electron chi connectivity index (χ2n) is 6.30. The number of rotatable bonds is 7. The van der Waals surface area contributed by atoms with Gasteiger partial charge in [0.2, 0.25) is 0 Å². The van der Waals surface area contributed by atoms with Crippen LogP contribution in [-0.2, 0) is 0 Å². The van der Waals surface area contributed by atoms with Crippen molar-refractivity contribution in [3.63, 3.8) is 0 Å². The van der Waals surface area contributed by atoms with Crippen LogP contribution >= 0.6 is 0 Å². The molecule has 0 heterocycles. The van der Waals surface area contributed by atoms with Crippen LogP contribution in [0.15, 0.2) is 0 Å². The Morgan fingerprint density at radius 2 is 1.87 bits per heavy atom. The summed E-state index contributed by atoms with van der Waals surface area (Å²) < 4.78 is 0. The van der Waals surface area contributed by atoms with Crippen molar-refractivity contribution in [1.29, 1.82) is 0 Å². The molecule has 0 spiro atoms. The average Bonchev–Trinajstić information content (AvgIpc) is 2.99. The van der Waals surface area contributed by atoms with E-state index in [0.29, 0.717) is 5.41 Å². The van der Waals surface area contributed by atoms with Crippen LogP contribution in [-0.4, -0.2) is 37.6 Å². The van der Waals surface area contributed by atoms with Crippen LogP contribution < -0.4 is 5.32 Å². The molecule has 0 amide bonds. The number of nitrogens with zero attached hydrogens (tertiary/aromatic N) is 1. The van der Waals surface area contributed by atoms with E-state index in [1.165, 1.54) is 38.8 Å². The maximum atomic E-state index is 3.31. The third-order valence-corrected chi connectivity index (χ3v) is 3.54. The minimum absolute atomic E-state index is 0.423. The first-order chi connectivity index (χ1) is 7.11. The van der Waals surface area contributed by atoms with Crippen LogP contribution in [0.4, 0.5) is 0 Å². The van der Waals surface area contributed by atoms with Gasteiger partial charge in [-0.2, -0.15) is 0 Å². The fourth-order valence-electron chi connectivity index (χ4n) is 2.50. The summed E-state index contributed by atoms with van der Waals surface area (Å²) in [4.78, 5) is 2.76. The van der Waals surface area contributed by atoms with E-state index < -0.39 is 0 Å². The molecule has 15 heavy (non-hydrogen) atoms. The molecule has 0 aromatic heterocycles. The zero-order chi connectivity index (χ0) is 10.9. The Labute approximate surface area is 94.4 Å². The van der Waals surface area contributed by atoms with Gasteiger partial charge in [0.1, 0.15) is 0 Å². The smallest absolute Gasteiger partial charge is 0.00967 e. The summed E-state index contributed by atoms with van der Waals surface area (Å²) in [6.45, 7) is 8.53. The van der Waals surface area contributed by atoms with Gasteiger partial charge in [-0.05, 0) is 44.1 Å². The lowest BCUT2D eigenvalue weighted by Gasteiger charge is -2.33. The second-order valence-corrected chi connectivity index (χ2v) is 6.30. The van der Waals surface area contributed by atoms with Crippen LogP contribution in [0.3, 0.4) is 0 Å². The Bertz CT molecular complexity index is 205. The Hall–Kier alpha value is -0.0800. The van der Waals surface area contributed by atoms with Crippen molar-refractivity contribution in [3.8, 4) is 0 Å². The molecule has 2 aliphatic rings. The Balaban J connectivity index is 1.81. The van der Waals surface area contributed by atoms with Gasteiger partial charge in [0.05, 0.1) is 0 Å². The number of nitrogens with one attached hydrogen (secondary N) is 1. The fraction of sp³-hybridized carbons (Fsp3) is 1.00. The molecule has 2 rings (SSSR count). The second kappa shape index (κ2) is 4.42. The van der Waals surface area contributed by atoms with Gasteiger partial charge >= 0.3 is 0 Å². The predicted molar refractivity (Wildman–Crippen MR) is 65.0 cm³/mol. The van der Waals surface area contributed by atoms with Gasteiger partial charge in [0, 0.05) is 25.7 Å². The highest BCUT2D eigenvalue weighted by Crippen LogP contribution is 2.36. The molecular weight excluding hydrogens is 184 g/mol. The van der Waals surface area contributed by atoms with E-state index in [0.717, 1.165) is 18.5 Å². The predicted octanol–water partition coefficient (Wildman–Crippen LogP) is 2.11. The fourth-order valence-corrected chi connectivity index (χ4v) is 2.50. The summed E-state index contributed by atoms with van der Waals surface area (Å²) in [6, 6.07) is 0.932. The molecule has 2 heteroatoms. The molecule has 0 aromatic carbocycles. The van der Waals surface area contributed by atoms with Crippen molar-refractivity contribution in [1.82, 2.24) is 10.2 Å². The summed E-state index contributed by atoms with van der Waals surface area (Å²) >= 11 is 0. The van der Waals surface area contributed by atoms with E-state index in [2.05, 4.69) is 31.1 Å². The van der Waals surface area contributed by atoms with Crippen LogP contribution in [0.25, 0.3) is 0 Å². The van der Waals surface area contributed by atoms with Gasteiger partial charge in [-0.3, -0.25) is 4.90 Å². The van der Waals surface area contributed by atoms with Gasteiger partial charge in [-0.25, -0.2) is 0 Å². The zero-order valence-electron chi connectivity index (χ0n) is 10.6. The minimum atomic E-state index is 0.423. The maximum absolute atomic E-state index is 3.31. The molecule has 0 bridgehead atoms. The van der Waals surface area contributed by atoms with E-state index in [1.54, 1.807) is 0 Å². The molecule has 0 radical (unpaired) electrons. The van der Waals surface area contributed by atoms with Crippen LogP contribution in [0.1, 0.15) is 39.5 Å². The molecule has 2 fully saturated rings.